The Morgan fingerprint density at radius 2 is 2.00 bits per heavy atom. The van der Waals surface area contributed by atoms with Crippen molar-refractivity contribution >= 4 is 17.6 Å². The van der Waals surface area contributed by atoms with Gasteiger partial charge in [-0.3, -0.25) is 14.9 Å². The van der Waals surface area contributed by atoms with Crippen LogP contribution in [0.3, 0.4) is 0 Å². The summed E-state index contributed by atoms with van der Waals surface area (Å²) in [7, 11) is 0. The predicted molar refractivity (Wildman–Crippen MR) is 80.8 cm³/mol. The second kappa shape index (κ2) is 7.53. The number of carboxylic acid groups (broad SMARTS) is 1. The van der Waals surface area contributed by atoms with Gasteiger partial charge in [-0.1, -0.05) is 26.8 Å². The minimum atomic E-state index is -1.12. The third-order valence-corrected chi connectivity index (χ3v) is 3.24. The lowest BCUT2D eigenvalue weighted by Gasteiger charge is -2.16. The normalized spacial score (nSPS) is 12.0. The number of rotatable bonds is 7. The van der Waals surface area contributed by atoms with E-state index in [4.69, 9.17) is 5.11 Å². The van der Waals surface area contributed by atoms with Gasteiger partial charge in [-0.15, -0.1) is 0 Å². The highest BCUT2D eigenvalue weighted by molar-refractivity contribution is 5.97. The number of nitro groups is 1. The van der Waals surface area contributed by atoms with Gasteiger partial charge in [0.2, 0.25) is 0 Å². The molecule has 1 atom stereocenters. The molecule has 0 aromatic heterocycles. The summed E-state index contributed by atoms with van der Waals surface area (Å²) in [5.41, 5.74) is 0.475. The molecule has 7 heteroatoms. The molecule has 2 N–H and O–H groups in total. The summed E-state index contributed by atoms with van der Waals surface area (Å²) in [4.78, 5) is 33.7. The third kappa shape index (κ3) is 4.54. The van der Waals surface area contributed by atoms with E-state index in [1.54, 1.807) is 6.92 Å². The highest BCUT2D eigenvalue weighted by Crippen LogP contribution is 2.21. The van der Waals surface area contributed by atoms with Crippen LogP contribution < -0.4 is 5.32 Å². The molecule has 22 heavy (non-hydrogen) atoms. The number of carbonyl (C=O) groups is 2. The predicted octanol–water partition coefficient (Wildman–Crippen LogP) is 2.39. The molecular formula is C15H20N2O5. The molecule has 0 saturated carbocycles. The fourth-order valence-corrected chi connectivity index (χ4v) is 2.11. The molecule has 0 aliphatic rings. The van der Waals surface area contributed by atoms with Gasteiger partial charge in [0.05, 0.1) is 4.92 Å². The lowest BCUT2D eigenvalue weighted by Crippen LogP contribution is -2.41. The van der Waals surface area contributed by atoms with E-state index in [0.717, 1.165) is 0 Å². The van der Waals surface area contributed by atoms with Crippen molar-refractivity contribution in [2.24, 2.45) is 5.92 Å². The molecular weight excluding hydrogens is 288 g/mol. The summed E-state index contributed by atoms with van der Waals surface area (Å²) in [6.07, 6.45) is 0.763. The number of benzene rings is 1. The number of hydrogen-bond acceptors (Lipinski definition) is 4. The van der Waals surface area contributed by atoms with Crippen LogP contribution in [0.2, 0.25) is 0 Å². The number of aliphatic carboxylic acids is 1. The highest BCUT2D eigenvalue weighted by atomic mass is 16.6. The van der Waals surface area contributed by atoms with Crippen LogP contribution >= 0.6 is 0 Å². The number of amides is 1. The molecule has 0 unspecified atom stereocenters. The van der Waals surface area contributed by atoms with Crippen molar-refractivity contribution < 1.29 is 19.6 Å². The van der Waals surface area contributed by atoms with Crippen LogP contribution in [0.4, 0.5) is 5.69 Å². The Bertz CT molecular complexity index is 583. The monoisotopic (exact) mass is 308 g/mol. The molecule has 1 rings (SSSR count). The maximum Gasteiger partial charge on any atom is 0.326 e. The Morgan fingerprint density at radius 3 is 2.45 bits per heavy atom. The summed E-state index contributed by atoms with van der Waals surface area (Å²) in [5.74, 6) is -1.65. The number of carbonyl (C=O) groups excluding carboxylic acids is 1. The molecule has 0 saturated heterocycles. The van der Waals surface area contributed by atoms with Gasteiger partial charge in [0.25, 0.3) is 11.6 Å². The van der Waals surface area contributed by atoms with E-state index in [1.807, 2.05) is 13.8 Å². The van der Waals surface area contributed by atoms with Crippen molar-refractivity contribution in [3.05, 3.63) is 39.4 Å². The van der Waals surface area contributed by atoms with Gasteiger partial charge in [-0.25, -0.2) is 4.79 Å². The fourth-order valence-electron chi connectivity index (χ4n) is 2.11. The first-order valence-corrected chi connectivity index (χ1v) is 7.07. The van der Waals surface area contributed by atoms with Crippen LogP contribution in [0, 0.1) is 16.0 Å². The van der Waals surface area contributed by atoms with E-state index in [2.05, 4.69) is 5.32 Å². The molecule has 1 aromatic carbocycles. The zero-order valence-electron chi connectivity index (χ0n) is 12.8. The maximum atomic E-state index is 12.1. The molecule has 0 heterocycles. The quantitative estimate of drug-likeness (QED) is 0.593. The Morgan fingerprint density at radius 1 is 1.36 bits per heavy atom. The fraction of sp³-hybridized carbons (Fsp3) is 0.467. The number of nitro benzene ring substituents is 1. The third-order valence-electron chi connectivity index (χ3n) is 3.24. The minimum absolute atomic E-state index is 0.0823. The number of nitrogens with zero attached hydrogens (tertiary/aromatic N) is 1. The van der Waals surface area contributed by atoms with Gasteiger partial charge in [0, 0.05) is 17.2 Å². The zero-order valence-corrected chi connectivity index (χ0v) is 12.8. The Labute approximate surface area is 128 Å². The van der Waals surface area contributed by atoms with Crippen molar-refractivity contribution in [3.8, 4) is 0 Å². The molecule has 1 aromatic rings. The minimum Gasteiger partial charge on any atom is -0.480 e. The standard InChI is InChI=1S/C15H20N2O5/c1-4-10-5-6-11(8-13(10)17(21)22)14(18)16-12(15(19)20)7-9(2)3/h5-6,8-9,12H,4,7H2,1-3H3,(H,16,18)(H,19,20)/t12-/m1/s1. The lowest BCUT2D eigenvalue weighted by atomic mass is 10.0. The van der Waals surface area contributed by atoms with E-state index < -0.39 is 22.8 Å². The topological polar surface area (TPSA) is 110 Å². The SMILES string of the molecule is CCc1ccc(C(=O)N[C@H](CC(C)C)C(=O)O)cc1[N+](=O)[O-]. The molecule has 0 spiro atoms. The Kier molecular flexibility index (Phi) is 6.03. The average molecular weight is 308 g/mol. The second-order valence-electron chi connectivity index (χ2n) is 5.45. The van der Waals surface area contributed by atoms with Gasteiger partial charge in [0.1, 0.15) is 6.04 Å². The largest absolute Gasteiger partial charge is 0.480 e. The van der Waals surface area contributed by atoms with Crippen molar-refractivity contribution in [1.82, 2.24) is 5.32 Å². The summed E-state index contributed by atoms with van der Waals surface area (Å²) in [6.45, 7) is 5.48. The van der Waals surface area contributed by atoms with E-state index >= 15 is 0 Å². The van der Waals surface area contributed by atoms with Gasteiger partial charge in [0.15, 0.2) is 0 Å². The summed E-state index contributed by atoms with van der Waals surface area (Å²) in [5, 5.41) is 22.5. The lowest BCUT2D eigenvalue weighted by molar-refractivity contribution is -0.385. The zero-order chi connectivity index (χ0) is 16.9. The van der Waals surface area contributed by atoms with Crippen LogP contribution in [-0.4, -0.2) is 27.9 Å². The Balaban J connectivity index is 3.00. The first-order valence-electron chi connectivity index (χ1n) is 7.07. The number of carboxylic acids is 1. The summed E-state index contributed by atoms with van der Waals surface area (Å²) in [6, 6.07) is 3.15. The average Bonchev–Trinajstić information content (AvgIpc) is 2.44. The Hall–Kier alpha value is -2.44. The van der Waals surface area contributed by atoms with Gasteiger partial charge >= 0.3 is 5.97 Å². The van der Waals surface area contributed by atoms with Crippen LogP contribution in [0.25, 0.3) is 0 Å². The van der Waals surface area contributed by atoms with Crippen molar-refractivity contribution in [1.29, 1.82) is 0 Å². The van der Waals surface area contributed by atoms with E-state index in [1.165, 1.54) is 18.2 Å². The maximum absolute atomic E-state index is 12.1. The smallest absolute Gasteiger partial charge is 0.326 e. The van der Waals surface area contributed by atoms with Crippen LogP contribution in [0.5, 0.6) is 0 Å². The molecule has 7 nitrogen and oxygen atoms in total. The molecule has 0 bridgehead atoms. The first kappa shape index (κ1) is 17.6. The van der Waals surface area contributed by atoms with Gasteiger partial charge in [-0.05, 0) is 24.8 Å². The molecule has 120 valence electrons. The highest BCUT2D eigenvalue weighted by Gasteiger charge is 2.23. The number of hydrogen-bond donors (Lipinski definition) is 2. The van der Waals surface area contributed by atoms with E-state index in [-0.39, 0.29) is 23.6 Å². The van der Waals surface area contributed by atoms with Crippen molar-refractivity contribution in [2.75, 3.05) is 0 Å². The van der Waals surface area contributed by atoms with Crippen LogP contribution in [-0.2, 0) is 11.2 Å². The molecule has 0 aliphatic heterocycles. The number of nitrogens with one attached hydrogen (secondary N) is 1. The van der Waals surface area contributed by atoms with Crippen molar-refractivity contribution in [3.63, 3.8) is 0 Å². The first-order chi connectivity index (χ1) is 10.3. The second-order valence-corrected chi connectivity index (χ2v) is 5.45. The molecule has 1 amide bonds. The summed E-state index contributed by atoms with van der Waals surface area (Å²) >= 11 is 0. The van der Waals surface area contributed by atoms with Gasteiger partial charge < -0.3 is 10.4 Å². The molecule has 0 fully saturated rings. The van der Waals surface area contributed by atoms with E-state index in [0.29, 0.717) is 12.0 Å². The van der Waals surface area contributed by atoms with Crippen LogP contribution in [0.1, 0.15) is 43.1 Å². The van der Waals surface area contributed by atoms with Gasteiger partial charge in [-0.2, -0.15) is 0 Å². The van der Waals surface area contributed by atoms with Crippen LogP contribution in [0.15, 0.2) is 18.2 Å². The molecule has 0 radical (unpaired) electrons. The summed E-state index contributed by atoms with van der Waals surface area (Å²) < 4.78 is 0. The number of aryl methyl sites for hydroxylation is 1. The van der Waals surface area contributed by atoms with Crippen molar-refractivity contribution in [2.45, 2.75) is 39.7 Å². The van der Waals surface area contributed by atoms with E-state index in [9.17, 15) is 19.7 Å². The molecule has 0 aliphatic carbocycles.